The summed E-state index contributed by atoms with van der Waals surface area (Å²) in [5.41, 5.74) is -0.122. The molecule has 0 amide bonds. The summed E-state index contributed by atoms with van der Waals surface area (Å²) in [6.45, 7) is 1.70. The topological polar surface area (TPSA) is 77.3 Å². The van der Waals surface area contributed by atoms with Crippen molar-refractivity contribution in [2.45, 2.75) is 18.2 Å². The maximum Gasteiger partial charge on any atom is 0.289 e. The Morgan fingerprint density at radius 1 is 1.44 bits per heavy atom. The largest absolute Gasteiger partial charge is 0.289 e. The number of aryl methyl sites for hydroxylation is 1. The van der Waals surface area contributed by atoms with Crippen molar-refractivity contribution in [1.82, 2.24) is 0 Å². The van der Waals surface area contributed by atoms with Gasteiger partial charge < -0.3 is 0 Å². The highest BCUT2D eigenvalue weighted by Crippen LogP contribution is 2.32. The summed E-state index contributed by atoms with van der Waals surface area (Å²) in [7, 11) is 1.17. The van der Waals surface area contributed by atoms with E-state index in [-0.39, 0.29) is 9.92 Å². The van der Waals surface area contributed by atoms with E-state index in [9.17, 15) is 18.5 Å². The Labute approximate surface area is 102 Å². The van der Waals surface area contributed by atoms with Gasteiger partial charge in [-0.1, -0.05) is 18.5 Å². The lowest BCUT2D eigenvalue weighted by molar-refractivity contribution is -0.384. The lowest BCUT2D eigenvalue weighted by Gasteiger charge is -2.05. The summed E-state index contributed by atoms with van der Waals surface area (Å²) in [4.78, 5) is 9.56. The number of hydrogen-bond acceptors (Lipinski definition) is 4. The van der Waals surface area contributed by atoms with E-state index >= 15 is 0 Å². The van der Waals surface area contributed by atoms with E-state index in [1.807, 2.05) is 0 Å². The van der Waals surface area contributed by atoms with Gasteiger partial charge in [-0.2, -0.15) is 0 Å². The summed E-state index contributed by atoms with van der Waals surface area (Å²) >= 11 is 5.65. The molecule has 8 heteroatoms. The fraction of sp³-hybridized carbons (Fsp3) is 0.250. The summed E-state index contributed by atoms with van der Waals surface area (Å²) in [5, 5.41) is 10.5. The van der Waals surface area contributed by atoms with Crippen molar-refractivity contribution in [2.75, 3.05) is 0 Å². The second-order valence-corrected chi connectivity index (χ2v) is 5.90. The second kappa shape index (κ2) is 4.57. The van der Waals surface area contributed by atoms with Gasteiger partial charge in [0.25, 0.3) is 14.7 Å². The molecule has 0 aliphatic rings. The minimum atomic E-state index is -4.01. The van der Waals surface area contributed by atoms with Crippen LogP contribution >= 0.6 is 22.3 Å². The van der Waals surface area contributed by atoms with Gasteiger partial charge in [0.05, 0.1) is 9.82 Å². The standard InChI is InChI=1S/C8H7Cl2NO4S/c1-2-5-3-6(9)7(11(12)13)4-8(5)16(10,14)15/h3-4H,2H2,1H3. The van der Waals surface area contributed by atoms with Crippen molar-refractivity contribution in [2.24, 2.45) is 0 Å². The molecule has 0 aromatic heterocycles. The van der Waals surface area contributed by atoms with E-state index in [1.165, 1.54) is 6.07 Å². The fourth-order valence-corrected chi connectivity index (χ4v) is 2.68. The third kappa shape index (κ3) is 2.63. The van der Waals surface area contributed by atoms with E-state index in [2.05, 4.69) is 0 Å². The predicted octanol–water partition coefficient (Wildman–Crippen LogP) is 2.74. The van der Waals surface area contributed by atoms with Crippen LogP contribution < -0.4 is 0 Å². The number of rotatable bonds is 3. The molecule has 0 aliphatic carbocycles. The van der Waals surface area contributed by atoms with Crippen LogP contribution in [0.3, 0.4) is 0 Å². The summed E-state index contributed by atoms with van der Waals surface area (Å²) in [6, 6.07) is 2.12. The van der Waals surface area contributed by atoms with E-state index in [4.69, 9.17) is 22.3 Å². The fourth-order valence-electron chi connectivity index (χ4n) is 1.23. The van der Waals surface area contributed by atoms with Crippen LogP contribution in [0.2, 0.25) is 5.02 Å². The minimum Gasteiger partial charge on any atom is -0.258 e. The van der Waals surface area contributed by atoms with E-state index in [1.54, 1.807) is 6.92 Å². The highest BCUT2D eigenvalue weighted by Gasteiger charge is 2.22. The molecule has 1 rings (SSSR count). The molecule has 0 unspecified atom stereocenters. The number of hydrogen-bond donors (Lipinski definition) is 0. The molecule has 0 saturated heterocycles. The van der Waals surface area contributed by atoms with Gasteiger partial charge in [-0.15, -0.1) is 0 Å². The van der Waals surface area contributed by atoms with E-state index in [0.717, 1.165) is 6.07 Å². The van der Waals surface area contributed by atoms with Crippen molar-refractivity contribution in [3.63, 3.8) is 0 Å². The molecule has 1 aromatic carbocycles. The first-order chi connectivity index (χ1) is 7.27. The Morgan fingerprint density at radius 2 is 2.00 bits per heavy atom. The van der Waals surface area contributed by atoms with Crippen molar-refractivity contribution < 1.29 is 13.3 Å². The van der Waals surface area contributed by atoms with Gasteiger partial charge in [-0.3, -0.25) is 10.1 Å². The molecular weight excluding hydrogens is 277 g/mol. The van der Waals surface area contributed by atoms with Crippen molar-refractivity contribution in [1.29, 1.82) is 0 Å². The first-order valence-electron chi connectivity index (χ1n) is 4.18. The average molecular weight is 284 g/mol. The zero-order valence-electron chi connectivity index (χ0n) is 8.11. The van der Waals surface area contributed by atoms with Crippen LogP contribution in [0.5, 0.6) is 0 Å². The molecule has 0 fully saturated rings. The Hall–Kier alpha value is -0.850. The molecule has 0 heterocycles. The summed E-state index contributed by atoms with van der Waals surface area (Å²) < 4.78 is 22.4. The van der Waals surface area contributed by atoms with Gasteiger partial charge in [0.15, 0.2) is 0 Å². The van der Waals surface area contributed by atoms with Crippen molar-refractivity contribution in [3.8, 4) is 0 Å². The average Bonchev–Trinajstić information content (AvgIpc) is 2.14. The predicted molar refractivity (Wildman–Crippen MR) is 60.5 cm³/mol. The van der Waals surface area contributed by atoms with Gasteiger partial charge in [0, 0.05) is 16.7 Å². The smallest absolute Gasteiger partial charge is 0.258 e. The molecule has 0 radical (unpaired) electrons. The van der Waals surface area contributed by atoms with Gasteiger partial charge in [0.1, 0.15) is 5.02 Å². The minimum absolute atomic E-state index is 0.106. The molecule has 0 saturated carbocycles. The lowest BCUT2D eigenvalue weighted by Crippen LogP contribution is -2.00. The van der Waals surface area contributed by atoms with Crippen LogP contribution in [0.25, 0.3) is 0 Å². The van der Waals surface area contributed by atoms with Gasteiger partial charge >= 0.3 is 0 Å². The zero-order chi connectivity index (χ0) is 12.5. The van der Waals surface area contributed by atoms with E-state index < -0.39 is 19.7 Å². The first kappa shape index (κ1) is 13.2. The summed E-state index contributed by atoms with van der Waals surface area (Å²) in [6.07, 6.45) is 0.360. The SMILES string of the molecule is CCc1cc(Cl)c([N+](=O)[O-])cc1S(=O)(=O)Cl. The summed E-state index contributed by atoms with van der Waals surface area (Å²) in [5.74, 6) is 0. The molecule has 0 N–H and O–H groups in total. The molecular formula is C8H7Cl2NO4S. The lowest BCUT2D eigenvalue weighted by atomic mass is 10.1. The molecule has 1 aromatic rings. The normalized spacial score (nSPS) is 11.4. The third-order valence-electron chi connectivity index (χ3n) is 1.97. The van der Waals surface area contributed by atoms with Crippen molar-refractivity contribution in [3.05, 3.63) is 32.8 Å². The molecule has 0 spiro atoms. The number of nitro benzene ring substituents is 1. The molecule has 88 valence electrons. The molecule has 0 atom stereocenters. The number of nitro groups is 1. The monoisotopic (exact) mass is 283 g/mol. The van der Waals surface area contributed by atoms with Gasteiger partial charge in [-0.25, -0.2) is 8.42 Å². The van der Waals surface area contributed by atoms with Crippen LogP contribution in [-0.2, 0) is 15.5 Å². The number of nitrogens with zero attached hydrogens (tertiary/aromatic N) is 1. The molecule has 16 heavy (non-hydrogen) atoms. The van der Waals surface area contributed by atoms with Gasteiger partial charge in [-0.05, 0) is 18.1 Å². The van der Waals surface area contributed by atoms with Crippen LogP contribution in [-0.4, -0.2) is 13.3 Å². The Morgan fingerprint density at radius 3 is 2.38 bits per heavy atom. The third-order valence-corrected chi connectivity index (χ3v) is 3.68. The van der Waals surface area contributed by atoms with E-state index in [0.29, 0.717) is 12.0 Å². The second-order valence-electron chi connectivity index (χ2n) is 2.96. The van der Waals surface area contributed by atoms with Gasteiger partial charge in [0.2, 0.25) is 0 Å². The van der Waals surface area contributed by atoms with Crippen molar-refractivity contribution >= 4 is 37.0 Å². The highest BCUT2D eigenvalue weighted by molar-refractivity contribution is 8.13. The quantitative estimate of drug-likeness (QED) is 0.485. The molecule has 0 bridgehead atoms. The Kier molecular flexibility index (Phi) is 3.77. The molecule has 0 aliphatic heterocycles. The number of halogens is 2. The van der Waals surface area contributed by atoms with Crippen LogP contribution in [0.1, 0.15) is 12.5 Å². The maximum absolute atomic E-state index is 11.2. The maximum atomic E-state index is 11.2. The zero-order valence-corrected chi connectivity index (χ0v) is 10.4. The highest BCUT2D eigenvalue weighted by atomic mass is 35.7. The van der Waals surface area contributed by atoms with Crippen LogP contribution in [0, 0.1) is 10.1 Å². The van der Waals surface area contributed by atoms with Crippen LogP contribution in [0.4, 0.5) is 5.69 Å². The van der Waals surface area contributed by atoms with Crippen LogP contribution in [0.15, 0.2) is 17.0 Å². The number of benzene rings is 1. The molecule has 5 nitrogen and oxygen atoms in total. The Bertz CT molecular complexity index is 541. The first-order valence-corrected chi connectivity index (χ1v) is 6.87. The Balaban J connectivity index is 3.60.